The van der Waals surface area contributed by atoms with Gasteiger partial charge >= 0.3 is 5.97 Å². The molecular formula is C13H16O2. The van der Waals surface area contributed by atoms with Crippen molar-refractivity contribution in [3.05, 3.63) is 35.9 Å². The molecule has 0 aromatic heterocycles. The maximum absolute atomic E-state index is 11.6. The van der Waals surface area contributed by atoms with E-state index in [4.69, 9.17) is 4.74 Å². The molecule has 80 valence electrons. The molecule has 1 saturated heterocycles. The monoisotopic (exact) mass is 204 g/mol. The van der Waals surface area contributed by atoms with Gasteiger partial charge in [-0.05, 0) is 25.8 Å². The molecule has 1 atom stereocenters. The lowest BCUT2D eigenvalue weighted by Gasteiger charge is -2.14. The maximum atomic E-state index is 11.6. The Balaban J connectivity index is 2.05. The fourth-order valence-corrected chi connectivity index (χ4v) is 2.13. The standard InChI is InChI=1S/C13H16O2/c1-13(2)9-11(12(14)15-13)8-10-6-4-3-5-7-10/h3-7,11H,8-9H2,1-2H3. The van der Waals surface area contributed by atoms with Crippen LogP contribution in [-0.4, -0.2) is 11.6 Å². The summed E-state index contributed by atoms with van der Waals surface area (Å²) in [5.74, 6) is -0.0220. The van der Waals surface area contributed by atoms with E-state index < -0.39 is 0 Å². The van der Waals surface area contributed by atoms with Crippen molar-refractivity contribution in [1.29, 1.82) is 0 Å². The number of rotatable bonds is 2. The minimum atomic E-state index is -0.281. The first-order valence-electron chi connectivity index (χ1n) is 5.34. The molecular weight excluding hydrogens is 188 g/mol. The molecule has 0 aliphatic carbocycles. The van der Waals surface area contributed by atoms with E-state index in [1.165, 1.54) is 5.56 Å². The van der Waals surface area contributed by atoms with Gasteiger partial charge in [0.05, 0.1) is 5.92 Å². The minimum absolute atomic E-state index is 0.0300. The average Bonchev–Trinajstić information content (AvgIpc) is 2.41. The van der Waals surface area contributed by atoms with Gasteiger partial charge in [0.1, 0.15) is 5.60 Å². The first kappa shape index (κ1) is 10.2. The van der Waals surface area contributed by atoms with E-state index in [2.05, 4.69) is 12.1 Å². The Kier molecular flexibility index (Phi) is 2.51. The van der Waals surface area contributed by atoms with Crippen molar-refractivity contribution in [1.82, 2.24) is 0 Å². The maximum Gasteiger partial charge on any atom is 0.309 e. The lowest BCUT2D eigenvalue weighted by molar-refractivity contribution is -0.148. The van der Waals surface area contributed by atoms with Gasteiger partial charge in [-0.25, -0.2) is 0 Å². The summed E-state index contributed by atoms with van der Waals surface area (Å²) in [5.41, 5.74) is 0.924. The second-order valence-corrected chi connectivity index (χ2v) is 4.77. The zero-order chi connectivity index (χ0) is 10.9. The van der Waals surface area contributed by atoms with Crippen LogP contribution in [0.2, 0.25) is 0 Å². The third-order valence-corrected chi connectivity index (χ3v) is 2.77. The number of esters is 1. The molecule has 2 rings (SSSR count). The highest BCUT2D eigenvalue weighted by atomic mass is 16.6. The van der Waals surface area contributed by atoms with Gasteiger partial charge in [0, 0.05) is 6.42 Å². The molecule has 2 nitrogen and oxygen atoms in total. The van der Waals surface area contributed by atoms with Gasteiger partial charge in [-0.15, -0.1) is 0 Å². The van der Waals surface area contributed by atoms with Crippen LogP contribution in [0.4, 0.5) is 0 Å². The Morgan fingerprint density at radius 3 is 2.53 bits per heavy atom. The molecule has 1 heterocycles. The van der Waals surface area contributed by atoms with Crippen molar-refractivity contribution in [3.63, 3.8) is 0 Å². The molecule has 0 radical (unpaired) electrons. The molecule has 1 aliphatic rings. The normalized spacial score (nSPS) is 23.9. The quantitative estimate of drug-likeness (QED) is 0.692. The Hall–Kier alpha value is -1.31. The fraction of sp³-hybridized carbons (Fsp3) is 0.462. The van der Waals surface area contributed by atoms with Gasteiger partial charge in [-0.3, -0.25) is 4.79 Å². The molecule has 1 aliphatic heterocycles. The molecule has 0 N–H and O–H groups in total. The smallest absolute Gasteiger partial charge is 0.309 e. The molecule has 1 aromatic carbocycles. The van der Waals surface area contributed by atoms with Crippen LogP contribution in [0.25, 0.3) is 0 Å². The van der Waals surface area contributed by atoms with Crippen LogP contribution in [0, 0.1) is 5.92 Å². The third-order valence-electron chi connectivity index (χ3n) is 2.77. The zero-order valence-corrected chi connectivity index (χ0v) is 9.19. The van der Waals surface area contributed by atoms with Crippen LogP contribution >= 0.6 is 0 Å². The van der Waals surface area contributed by atoms with Crippen LogP contribution in [0.15, 0.2) is 30.3 Å². The summed E-state index contributed by atoms with van der Waals surface area (Å²) in [6.45, 7) is 3.94. The second-order valence-electron chi connectivity index (χ2n) is 4.77. The SMILES string of the molecule is CC1(C)CC(Cc2ccccc2)C(=O)O1. The van der Waals surface area contributed by atoms with E-state index in [0.29, 0.717) is 0 Å². The Bertz CT molecular complexity index is 354. The molecule has 1 unspecified atom stereocenters. The summed E-state index contributed by atoms with van der Waals surface area (Å²) in [4.78, 5) is 11.6. The van der Waals surface area contributed by atoms with Crippen molar-refractivity contribution in [3.8, 4) is 0 Å². The van der Waals surface area contributed by atoms with E-state index in [1.54, 1.807) is 0 Å². The van der Waals surface area contributed by atoms with Crippen LogP contribution in [-0.2, 0) is 16.0 Å². The highest BCUT2D eigenvalue weighted by Crippen LogP contribution is 2.32. The summed E-state index contributed by atoms with van der Waals surface area (Å²) in [5, 5.41) is 0. The van der Waals surface area contributed by atoms with Gasteiger partial charge in [-0.1, -0.05) is 30.3 Å². The summed E-state index contributed by atoms with van der Waals surface area (Å²) in [6.07, 6.45) is 1.61. The predicted molar refractivity (Wildman–Crippen MR) is 58.4 cm³/mol. The molecule has 2 heteroatoms. The minimum Gasteiger partial charge on any atom is -0.459 e. The molecule has 0 amide bonds. The molecule has 0 bridgehead atoms. The first-order chi connectivity index (χ1) is 7.07. The number of carbonyl (C=O) groups excluding carboxylic acids is 1. The zero-order valence-electron chi connectivity index (χ0n) is 9.19. The number of carbonyl (C=O) groups is 1. The van der Waals surface area contributed by atoms with Crippen molar-refractivity contribution in [2.75, 3.05) is 0 Å². The fourth-order valence-electron chi connectivity index (χ4n) is 2.13. The summed E-state index contributed by atoms with van der Waals surface area (Å²) in [6, 6.07) is 10.1. The number of cyclic esters (lactones) is 1. The van der Waals surface area contributed by atoms with Crippen LogP contribution in [0.3, 0.4) is 0 Å². The van der Waals surface area contributed by atoms with E-state index in [0.717, 1.165) is 12.8 Å². The van der Waals surface area contributed by atoms with Crippen molar-refractivity contribution in [2.45, 2.75) is 32.3 Å². The summed E-state index contributed by atoms with van der Waals surface area (Å²) < 4.78 is 5.29. The highest BCUT2D eigenvalue weighted by Gasteiger charge is 2.39. The van der Waals surface area contributed by atoms with Gasteiger partial charge in [0.15, 0.2) is 0 Å². The predicted octanol–water partition coefficient (Wildman–Crippen LogP) is 2.57. The molecule has 15 heavy (non-hydrogen) atoms. The van der Waals surface area contributed by atoms with Gasteiger partial charge in [0.2, 0.25) is 0 Å². The van der Waals surface area contributed by atoms with Gasteiger partial charge < -0.3 is 4.74 Å². The first-order valence-corrected chi connectivity index (χ1v) is 5.34. The van der Waals surface area contributed by atoms with Gasteiger partial charge in [-0.2, -0.15) is 0 Å². The van der Waals surface area contributed by atoms with Crippen LogP contribution in [0.1, 0.15) is 25.8 Å². The van der Waals surface area contributed by atoms with Crippen LogP contribution in [0.5, 0.6) is 0 Å². The van der Waals surface area contributed by atoms with Gasteiger partial charge in [0.25, 0.3) is 0 Å². The number of ether oxygens (including phenoxy) is 1. The van der Waals surface area contributed by atoms with Crippen molar-refractivity contribution < 1.29 is 9.53 Å². The molecule has 1 aromatic rings. The number of hydrogen-bond donors (Lipinski definition) is 0. The largest absolute Gasteiger partial charge is 0.459 e. The Morgan fingerprint density at radius 1 is 1.33 bits per heavy atom. The molecule has 0 saturated carbocycles. The summed E-state index contributed by atoms with van der Waals surface area (Å²) >= 11 is 0. The van der Waals surface area contributed by atoms with E-state index in [1.807, 2.05) is 32.0 Å². The Labute approximate surface area is 90.3 Å². The topological polar surface area (TPSA) is 26.3 Å². The number of benzene rings is 1. The second kappa shape index (κ2) is 3.69. The number of hydrogen-bond acceptors (Lipinski definition) is 2. The van der Waals surface area contributed by atoms with E-state index >= 15 is 0 Å². The Morgan fingerprint density at radius 2 is 2.00 bits per heavy atom. The molecule has 0 spiro atoms. The molecule has 1 fully saturated rings. The van der Waals surface area contributed by atoms with Crippen molar-refractivity contribution >= 4 is 5.97 Å². The highest BCUT2D eigenvalue weighted by molar-refractivity contribution is 5.75. The summed E-state index contributed by atoms with van der Waals surface area (Å²) in [7, 11) is 0. The van der Waals surface area contributed by atoms with Crippen molar-refractivity contribution in [2.24, 2.45) is 5.92 Å². The van der Waals surface area contributed by atoms with E-state index in [9.17, 15) is 4.79 Å². The average molecular weight is 204 g/mol. The third kappa shape index (κ3) is 2.38. The lowest BCUT2D eigenvalue weighted by atomic mass is 9.92. The lowest BCUT2D eigenvalue weighted by Crippen LogP contribution is -2.17. The van der Waals surface area contributed by atoms with Crippen LogP contribution < -0.4 is 0 Å². The van der Waals surface area contributed by atoms with E-state index in [-0.39, 0.29) is 17.5 Å².